The van der Waals surface area contributed by atoms with Gasteiger partial charge in [0.15, 0.2) is 0 Å². The number of anilines is 1. The zero-order chi connectivity index (χ0) is 20.3. The maximum Gasteiger partial charge on any atom is 0.272 e. The van der Waals surface area contributed by atoms with Crippen LogP contribution < -0.4 is 10.1 Å². The molecule has 1 saturated heterocycles. The number of benzene rings is 1. The molecule has 2 aromatic rings. The molecule has 1 aliphatic rings. The van der Waals surface area contributed by atoms with E-state index in [0.29, 0.717) is 36.8 Å². The van der Waals surface area contributed by atoms with Gasteiger partial charge in [-0.05, 0) is 57.0 Å². The van der Waals surface area contributed by atoms with Crippen molar-refractivity contribution in [2.24, 2.45) is 7.05 Å². The van der Waals surface area contributed by atoms with Crippen molar-refractivity contribution in [3.8, 4) is 5.75 Å². The van der Waals surface area contributed by atoms with Crippen LogP contribution in [0.5, 0.6) is 5.75 Å². The topological polar surface area (TPSA) is 80.6 Å². The summed E-state index contributed by atoms with van der Waals surface area (Å²) in [7, 11) is -1.88. The highest BCUT2D eigenvalue weighted by atomic mass is 32.2. The van der Waals surface area contributed by atoms with Gasteiger partial charge in [-0.3, -0.25) is 4.79 Å². The summed E-state index contributed by atoms with van der Waals surface area (Å²) in [6.45, 7) is 5.10. The van der Waals surface area contributed by atoms with Crippen molar-refractivity contribution >= 4 is 21.6 Å². The van der Waals surface area contributed by atoms with Gasteiger partial charge in [-0.2, -0.15) is 4.31 Å². The molecule has 0 saturated carbocycles. The summed E-state index contributed by atoms with van der Waals surface area (Å²) in [5.41, 5.74) is 1.89. The van der Waals surface area contributed by atoms with Gasteiger partial charge in [0.05, 0.1) is 6.61 Å². The van der Waals surface area contributed by atoms with E-state index in [0.717, 1.165) is 25.0 Å². The van der Waals surface area contributed by atoms with E-state index in [1.54, 1.807) is 22.8 Å². The monoisotopic (exact) mass is 405 g/mol. The molecular formula is C20H27N3O4S. The van der Waals surface area contributed by atoms with Gasteiger partial charge in [0, 0.05) is 31.5 Å². The minimum absolute atomic E-state index is 0.0945. The van der Waals surface area contributed by atoms with E-state index in [9.17, 15) is 13.2 Å². The first-order valence-corrected chi connectivity index (χ1v) is 11.0. The number of nitrogens with zero attached hydrogens (tertiary/aromatic N) is 2. The number of aryl methyl sites for hydroxylation is 1. The van der Waals surface area contributed by atoms with Gasteiger partial charge in [-0.15, -0.1) is 0 Å². The van der Waals surface area contributed by atoms with E-state index in [-0.39, 0.29) is 10.8 Å². The lowest BCUT2D eigenvalue weighted by atomic mass is 10.2. The van der Waals surface area contributed by atoms with E-state index in [1.165, 1.54) is 10.4 Å². The van der Waals surface area contributed by atoms with Crippen molar-refractivity contribution in [3.63, 3.8) is 0 Å². The molecule has 7 nitrogen and oxygen atoms in total. The molecule has 0 unspecified atom stereocenters. The number of piperidine rings is 1. The van der Waals surface area contributed by atoms with Gasteiger partial charge in [-0.1, -0.05) is 6.42 Å². The fourth-order valence-electron chi connectivity index (χ4n) is 3.34. The molecule has 1 aliphatic heterocycles. The molecule has 0 bridgehead atoms. The number of nitrogens with one attached hydrogen (secondary N) is 1. The smallest absolute Gasteiger partial charge is 0.272 e. The summed E-state index contributed by atoms with van der Waals surface area (Å²) in [5.74, 6) is 0.0156. The molecule has 152 valence electrons. The molecule has 28 heavy (non-hydrogen) atoms. The molecule has 8 heteroatoms. The number of rotatable bonds is 6. The highest BCUT2D eigenvalue weighted by Crippen LogP contribution is 2.31. The largest absolute Gasteiger partial charge is 0.492 e. The lowest BCUT2D eigenvalue weighted by molar-refractivity contribution is 0.101. The summed E-state index contributed by atoms with van der Waals surface area (Å²) >= 11 is 0. The number of carbonyl (C=O) groups excluding carboxylic acids is 1. The average molecular weight is 406 g/mol. The Kier molecular flexibility index (Phi) is 6.10. The third kappa shape index (κ3) is 4.07. The summed E-state index contributed by atoms with van der Waals surface area (Å²) in [6.07, 6.45) is 2.75. The van der Waals surface area contributed by atoms with E-state index in [1.807, 2.05) is 27.0 Å². The Hall–Kier alpha value is -2.32. The zero-order valence-electron chi connectivity index (χ0n) is 16.6. The first-order valence-electron chi connectivity index (χ1n) is 9.55. The summed E-state index contributed by atoms with van der Waals surface area (Å²) in [5, 5.41) is 2.80. The molecule has 2 heterocycles. The van der Waals surface area contributed by atoms with E-state index >= 15 is 0 Å². The molecule has 1 fully saturated rings. The summed E-state index contributed by atoms with van der Waals surface area (Å²) in [6, 6.07) is 8.35. The third-order valence-corrected chi connectivity index (χ3v) is 6.96. The standard InChI is InChI=1S/C20H27N3O4S/c1-4-27-18-11-9-16(21-20(24)17-10-8-15(2)22(17)3)14-19(18)28(25,26)23-12-6-5-7-13-23/h8-11,14H,4-7,12-13H2,1-3H3,(H,21,24). The van der Waals surface area contributed by atoms with Crippen LogP contribution in [0.15, 0.2) is 35.2 Å². The van der Waals surface area contributed by atoms with Crippen molar-refractivity contribution in [1.29, 1.82) is 0 Å². The molecule has 1 aromatic carbocycles. The average Bonchev–Trinajstić information content (AvgIpc) is 3.02. The van der Waals surface area contributed by atoms with Crippen LogP contribution in [0, 0.1) is 6.92 Å². The van der Waals surface area contributed by atoms with Crippen LogP contribution in [-0.4, -0.2) is 42.9 Å². The van der Waals surface area contributed by atoms with Gasteiger partial charge in [-0.25, -0.2) is 8.42 Å². The normalized spacial score (nSPS) is 15.4. The van der Waals surface area contributed by atoms with Gasteiger partial charge in [0.2, 0.25) is 10.0 Å². The number of aromatic nitrogens is 1. The van der Waals surface area contributed by atoms with Crippen LogP contribution in [0.3, 0.4) is 0 Å². The summed E-state index contributed by atoms with van der Waals surface area (Å²) < 4.78 is 35.2. The number of amides is 1. The minimum Gasteiger partial charge on any atom is -0.492 e. The first kappa shape index (κ1) is 20.4. The fraction of sp³-hybridized carbons (Fsp3) is 0.450. The number of hydrogen-bond donors (Lipinski definition) is 1. The Morgan fingerprint density at radius 2 is 1.86 bits per heavy atom. The lowest BCUT2D eigenvalue weighted by Crippen LogP contribution is -2.35. The number of carbonyl (C=O) groups is 1. The number of ether oxygens (including phenoxy) is 1. The van der Waals surface area contributed by atoms with Crippen molar-refractivity contribution in [2.45, 2.75) is 38.0 Å². The molecule has 0 atom stereocenters. The molecule has 1 aromatic heterocycles. The predicted octanol–water partition coefficient (Wildman–Crippen LogP) is 3.16. The second-order valence-electron chi connectivity index (χ2n) is 6.93. The molecule has 0 radical (unpaired) electrons. The van der Waals surface area contributed by atoms with Crippen LogP contribution >= 0.6 is 0 Å². The molecule has 1 amide bonds. The van der Waals surface area contributed by atoms with Crippen LogP contribution in [0.4, 0.5) is 5.69 Å². The molecule has 0 spiro atoms. The van der Waals surface area contributed by atoms with Crippen LogP contribution in [0.1, 0.15) is 42.4 Å². The lowest BCUT2D eigenvalue weighted by Gasteiger charge is -2.27. The minimum atomic E-state index is -3.69. The quantitative estimate of drug-likeness (QED) is 0.800. The Morgan fingerprint density at radius 3 is 2.46 bits per heavy atom. The Bertz CT molecular complexity index is 960. The predicted molar refractivity (Wildman–Crippen MR) is 108 cm³/mol. The first-order chi connectivity index (χ1) is 13.3. The van der Waals surface area contributed by atoms with Crippen molar-refractivity contribution in [1.82, 2.24) is 8.87 Å². The third-order valence-electron chi connectivity index (χ3n) is 5.04. The van der Waals surface area contributed by atoms with Crippen LogP contribution in [0.2, 0.25) is 0 Å². The summed E-state index contributed by atoms with van der Waals surface area (Å²) in [4.78, 5) is 12.7. The van der Waals surface area contributed by atoms with Gasteiger partial charge in [0.25, 0.3) is 5.91 Å². The van der Waals surface area contributed by atoms with Crippen molar-refractivity contribution in [3.05, 3.63) is 41.7 Å². The van der Waals surface area contributed by atoms with Crippen LogP contribution in [0.25, 0.3) is 0 Å². The second kappa shape index (κ2) is 8.36. The van der Waals surface area contributed by atoms with E-state index in [4.69, 9.17) is 4.74 Å². The molecular weight excluding hydrogens is 378 g/mol. The highest BCUT2D eigenvalue weighted by molar-refractivity contribution is 7.89. The SMILES string of the molecule is CCOc1ccc(NC(=O)c2ccc(C)n2C)cc1S(=O)(=O)N1CCCCC1. The maximum absolute atomic E-state index is 13.2. The fourth-order valence-corrected chi connectivity index (χ4v) is 5.02. The van der Waals surface area contributed by atoms with E-state index < -0.39 is 10.0 Å². The Balaban J connectivity index is 1.93. The zero-order valence-corrected chi connectivity index (χ0v) is 17.4. The highest BCUT2D eigenvalue weighted by Gasteiger charge is 2.29. The van der Waals surface area contributed by atoms with Gasteiger partial charge < -0.3 is 14.6 Å². The van der Waals surface area contributed by atoms with E-state index in [2.05, 4.69) is 5.32 Å². The molecule has 3 rings (SSSR count). The molecule has 0 aliphatic carbocycles. The second-order valence-corrected chi connectivity index (χ2v) is 8.84. The van der Waals surface area contributed by atoms with Crippen molar-refractivity contribution < 1.29 is 17.9 Å². The Labute approximate surface area is 166 Å². The Morgan fingerprint density at radius 1 is 1.14 bits per heavy atom. The van der Waals surface area contributed by atoms with Gasteiger partial charge in [0.1, 0.15) is 16.3 Å². The van der Waals surface area contributed by atoms with Crippen LogP contribution in [-0.2, 0) is 17.1 Å². The van der Waals surface area contributed by atoms with Crippen molar-refractivity contribution in [2.75, 3.05) is 25.0 Å². The molecule has 1 N–H and O–H groups in total. The number of sulfonamides is 1. The number of hydrogen-bond acceptors (Lipinski definition) is 4. The maximum atomic E-state index is 13.2. The van der Waals surface area contributed by atoms with Gasteiger partial charge >= 0.3 is 0 Å².